The molecule has 0 amide bonds. The van der Waals surface area contributed by atoms with Crippen LogP contribution >= 0.6 is 0 Å². The molecule has 0 spiro atoms. The fraction of sp³-hybridized carbons (Fsp3) is 0.438. The van der Waals surface area contributed by atoms with Gasteiger partial charge in [0.15, 0.2) is 6.10 Å². The number of esters is 1. The topological polar surface area (TPSA) is 74.5 Å². The average Bonchev–Trinajstić information content (AvgIpc) is 2.98. The molecular weight excluding hydrogens is 284 g/mol. The van der Waals surface area contributed by atoms with Gasteiger partial charge in [-0.1, -0.05) is 19.0 Å². The zero-order valence-corrected chi connectivity index (χ0v) is 13.2. The molecule has 0 N–H and O–H groups in total. The first-order valence-corrected chi connectivity index (χ1v) is 7.28. The molecule has 6 heteroatoms. The van der Waals surface area contributed by atoms with E-state index in [1.807, 2.05) is 26.0 Å². The number of nitrogens with zero attached hydrogens (tertiary/aromatic N) is 2. The van der Waals surface area contributed by atoms with Gasteiger partial charge < -0.3 is 14.0 Å². The van der Waals surface area contributed by atoms with Crippen LogP contribution in [0.1, 0.15) is 39.5 Å². The summed E-state index contributed by atoms with van der Waals surface area (Å²) in [4.78, 5) is 15.9. The molecule has 1 atom stereocenters. The summed E-state index contributed by atoms with van der Waals surface area (Å²) in [7, 11) is 0. The largest absolute Gasteiger partial charge is 0.479 e. The number of benzene rings is 1. The van der Waals surface area contributed by atoms with Gasteiger partial charge in [-0.15, -0.1) is 0 Å². The van der Waals surface area contributed by atoms with Crippen LogP contribution in [0.15, 0.2) is 28.8 Å². The molecule has 1 heterocycles. The summed E-state index contributed by atoms with van der Waals surface area (Å²) < 4.78 is 15.6. The van der Waals surface area contributed by atoms with Crippen LogP contribution in [0.5, 0.6) is 5.75 Å². The van der Waals surface area contributed by atoms with Gasteiger partial charge in [0.25, 0.3) is 0 Å². The highest BCUT2D eigenvalue weighted by atomic mass is 16.6. The van der Waals surface area contributed by atoms with Crippen LogP contribution in [0.25, 0.3) is 11.4 Å². The first-order chi connectivity index (χ1) is 10.5. The second-order valence-corrected chi connectivity index (χ2v) is 5.15. The van der Waals surface area contributed by atoms with Crippen LogP contribution in [-0.2, 0) is 9.53 Å². The van der Waals surface area contributed by atoms with Crippen LogP contribution in [0.3, 0.4) is 0 Å². The number of ether oxygens (including phenoxy) is 2. The van der Waals surface area contributed by atoms with Gasteiger partial charge in [-0.25, -0.2) is 4.79 Å². The number of aromatic nitrogens is 2. The molecule has 0 bridgehead atoms. The van der Waals surface area contributed by atoms with Crippen molar-refractivity contribution in [3.63, 3.8) is 0 Å². The quantitative estimate of drug-likeness (QED) is 0.763. The van der Waals surface area contributed by atoms with E-state index in [2.05, 4.69) is 10.1 Å². The first-order valence-electron chi connectivity index (χ1n) is 7.28. The van der Waals surface area contributed by atoms with Crippen molar-refractivity contribution in [2.75, 3.05) is 6.61 Å². The predicted octanol–water partition coefficient (Wildman–Crippen LogP) is 3.19. The molecule has 22 heavy (non-hydrogen) atoms. The molecule has 2 aromatic rings. The number of carbonyl (C=O) groups excluding carboxylic acids is 1. The van der Waals surface area contributed by atoms with Crippen molar-refractivity contribution in [2.24, 2.45) is 0 Å². The van der Waals surface area contributed by atoms with Gasteiger partial charge in [-0.3, -0.25) is 0 Å². The van der Waals surface area contributed by atoms with E-state index in [-0.39, 0.29) is 11.9 Å². The Morgan fingerprint density at radius 3 is 2.45 bits per heavy atom. The zero-order valence-electron chi connectivity index (χ0n) is 13.2. The third kappa shape index (κ3) is 3.84. The van der Waals surface area contributed by atoms with Crippen molar-refractivity contribution in [1.29, 1.82) is 0 Å². The molecule has 0 fully saturated rings. The SMILES string of the molecule is CCOC(=O)C(C)Oc1ccc(-c2noc(C(C)C)n2)cc1. The van der Waals surface area contributed by atoms with Crippen LogP contribution in [0.4, 0.5) is 0 Å². The normalized spacial score (nSPS) is 12.2. The predicted molar refractivity (Wildman–Crippen MR) is 80.5 cm³/mol. The third-order valence-corrected chi connectivity index (χ3v) is 2.98. The van der Waals surface area contributed by atoms with Gasteiger partial charge in [0, 0.05) is 11.5 Å². The Morgan fingerprint density at radius 2 is 1.91 bits per heavy atom. The zero-order chi connectivity index (χ0) is 16.1. The monoisotopic (exact) mass is 304 g/mol. The smallest absolute Gasteiger partial charge is 0.347 e. The molecule has 1 aromatic carbocycles. The van der Waals surface area contributed by atoms with E-state index in [4.69, 9.17) is 14.0 Å². The maximum atomic E-state index is 11.5. The Bertz CT molecular complexity index is 619. The molecule has 0 aliphatic carbocycles. The van der Waals surface area contributed by atoms with E-state index >= 15 is 0 Å². The summed E-state index contributed by atoms with van der Waals surface area (Å²) >= 11 is 0. The van der Waals surface area contributed by atoms with Gasteiger partial charge in [0.2, 0.25) is 11.7 Å². The molecular formula is C16H20N2O4. The van der Waals surface area contributed by atoms with E-state index in [9.17, 15) is 4.79 Å². The Balaban J connectivity index is 2.05. The molecule has 0 aliphatic rings. The van der Waals surface area contributed by atoms with Gasteiger partial charge >= 0.3 is 5.97 Å². The molecule has 0 radical (unpaired) electrons. The highest BCUT2D eigenvalue weighted by Gasteiger charge is 2.16. The highest BCUT2D eigenvalue weighted by molar-refractivity contribution is 5.74. The lowest BCUT2D eigenvalue weighted by atomic mass is 10.2. The average molecular weight is 304 g/mol. The second kappa shape index (κ2) is 7.06. The van der Waals surface area contributed by atoms with Crippen molar-refractivity contribution in [3.05, 3.63) is 30.2 Å². The van der Waals surface area contributed by atoms with Crippen molar-refractivity contribution in [3.8, 4) is 17.1 Å². The lowest BCUT2D eigenvalue weighted by Crippen LogP contribution is -2.25. The summed E-state index contributed by atoms with van der Waals surface area (Å²) in [6.07, 6.45) is -0.650. The molecule has 2 rings (SSSR count). The van der Waals surface area contributed by atoms with E-state index in [0.717, 1.165) is 5.56 Å². The Morgan fingerprint density at radius 1 is 1.23 bits per heavy atom. The van der Waals surface area contributed by atoms with Crippen molar-refractivity contribution >= 4 is 5.97 Å². The first kappa shape index (κ1) is 16.0. The summed E-state index contributed by atoms with van der Waals surface area (Å²) in [6, 6.07) is 7.16. The van der Waals surface area contributed by atoms with E-state index < -0.39 is 6.10 Å². The van der Waals surface area contributed by atoms with E-state index in [1.165, 1.54) is 0 Å². The number of carbonyl (C=O) groups is 1. The number of rotatable bonds is 6. The lowest BCUT2D eigenvalue weighted by molar-refractivity contribution is -0.150. The molecule has 0 aliphatic heterocycles. The minimum absolute atomic E-state index is 0.189. The van der Waals surface area contributed by atoms with Crippen LogP contribution in [-0.4, -0.2) is 28.8 Å². The van der Waals surface area contributed by atoms with Crippen molar-refractivity contribution < 1.29 is 18.8 Å². The minimum Gasteiger partial charge on any atom is -0.479 e. The standard InChI is InChI=1S/C16H20N2O4/c1-5-20-16(19)11(4)21-13-8-6-12(7-9-13)14-17-15(10(2)3)22-18-14/h6-11H,5H2,1-4H3. The molecule has 1 aromatic heterocycles. The Labute approximate surface area is 129 Å². The summed E-state index contributed by atoms with van der Waals surface area (Å²) in [5, 5.41) is 3.95. The summed E-state index contributed by atoms with van der Waals surface area (Å²) in [6.45, 7) is 7.73. The number of hydrogen-bond acceptors (Lipinski definition) is 6. The maximum Gasteiger partial charge on any atom is 0.347 e. The Hall–Kier alpha value is -2.37. The molecule has 0 saturated heterocycles. The van der Waals surface area contributed by atoms with E-state index in [1.54, 1.807) is 26.0 Å². The Kier molecular flexibility index (Phi) is 5.14. The molecule has 6 nitrogen and oxygen atoms in total. The number of hydrogen-bond donors (Lipinski definition) is 0. The molecule has 0 saturated carbocycles. The van der Waals surface area contributed by atoms with Gasteiger partial charge in [-0.2, -0.15) is 4.98 Å². The maximum absolute atomic E-state index is 11.5. The van der Waals surface area contributed by atoms with Crippen LogP contribution < -0.4 is 4.74 Å². The van der Waals surface area contributed by atoms with Crippen molar-refractivity contribution in [2.45, 2.75) is 39.7 Å². The lowest BCUT2D eigenvalue weighted by Gasteiger charge is -2.13. The van der Waals surface area contributed by atoms with E-state index in [0.29, 0.717) is 24.1 Å². The third-order valence-electron chi connectivity index (χ3n) is 2.98. The summed E-state index contributed by atoms with van der Waals surface area (Å²) in [5.74, 6) is 1.53. The highest BCUT2D eigenvalue weighted by Crippen LogP contribution is 2.22. The van der Waals surface area contributed by atoms with Crippen molar-refractivity contribution in [1.82, 2.24) is 10.1 Å². The fourth-order valence-electron chi connectivity index (χ4n) is 1.78. The van der Waals surface area contributed by atoms with Crippen LogP contribution in [0, 0.1) is 0 Å². The van der Waals surface area contributed by atoms with Gasteiger partial charge in [0.1, 0.15) is 5.75 Å². The fourth-order valence-corrected chi connectivity index (χ4v) is 1.78. The second-order valence-electron chi connectivity index (χ2n) is 5.15. The van der Waals surface area contributed by atoms with Crippen LogP contribution in [0.2, 0.25) is 0 Å². The minimum atomic E-state index is -0.650. The van der Waals surface area contributed by atoms with Gasteiger partial charge in [0.05, 0.1) is 6.61 Å². The van der Waals surface area contributed by atoms with Gasteiger partial charge in [-0.05, 0) is 38.1 Å². The molecule has 1 unspecified atom stereocenters. The molecule has 118 valence electrons. The summed E-state index contributed by atoms with van der Waals surface area (Å²) in [5.41, 5.74) is 0.826.